The van der Waals surface area contributed by atoms with E-state index < -0.39 is 51.8 Å². The SMILES string of the molecule is FC(F)(F)c1nc2ccc3c(C(F)(F)F)nc4ccc5c(C(F)(F)F)nc6ccc1c1c6c5c4c3c21. The molecule has 36 heavy (non-hydrogen) atoms. The lowest BCUT2D eigenvalue weighted by Crippen LogP contribution is -2.13. The number of benzene rings is 4. The number of halogens is 9. The number of hydrogen-bond acceptors (Lipinski definition) is 3. The van der Waals surface area contributed by atoms with Crippen LogP contribution in [0.2, 0.25) is 0 Å². The summed E-state index contributed by atoms with van der Waals surface area (Å²) < 4.78 is 126. The molecule has 0 saturated carbocycles. The van der Waals surface area contributed by atoms with Crippen LogP contribution >= 0.6 is 0 Å². The number of pyridine rings is 3. The molecular weight excluding hydrogens is 501 g/mol. The van der Waals surface area contributed by atoms with Gasteiger partial charge in [0, 0.05) is 48.5 Å². The van der Waals surface area contributed by atoms with Crippen LogP contribution in [0.15, 0.2) is 36.4 Å². The maximum Gasteiger partial charge on any atom is 0.433 e. The Hall–Kier alpha value is -3.96. The van der Waals surface area contributed by atoms with Crippen molar-refractivity contribution in [3.8, 4) is 0 Å². The van der Waals surface area contributed by atoms with Gasteiger partial charge in [-0.3, -0.25) is 0 Å². The molecule has 7 aromatic rings. The minimum atomic E-state index is -4.93. The third-order valence-electron chi connectivity index (χ3n) is 6.57. The van der Waals surface area contributed by atoms with E-state index in [1.807, 2.05) is 0 Å². The van der Waals surface area contributed by atoms with E-state index in [4.69, 9.17) is 0 Å². The van der Waals surface area contributed by atoms with Crippen LogP contribution in [0.5, 0.6) is 0 Å². The fourth-order valence-electron chi connectivity index (χ4n) is 5.38. The molecule has 3 nitrogen and oxygen atoms in total. The lowest BCUT2D eigenvalue weighted by molar-refractivity contribution is -0.140. The van der Waals surface area contributed by atoms with Crippen molar-refractivity contribution in [1.29, 1.82) is 0 Å². The van der Waals surface area contributed by atoms with Crippen LogP contribution in [0.4, 0.5) is 39.5 Å². The summed E-state index contributed by atoms with van der Waals surface area (Å²) in [7, 11) is 0. The molecular formula is C24H6F9N3. The predicted octanol–water partition coefficient (Wildman–Crippen LogP) is 8.16. The highest BCUT2D eigenvalue weighted by molar-refractivity contribution is 6.44. The highest BCUT2D eigenvalue weighted by atomic mass is 19.4. The number of hydrogen-bond donors (Lipinski definition) is 0. The van der Waals surface area contributed by atoms with Gasteiger partial charge in [0.1, 0.15) is 0 Å². The highest BCUT2D eigenvalue weighted by Gasteiger charge is 2.41. The monoisotopic (exact) mass is 507 g/mol. The van der Waals surface area contributed by atoms with Crippen molar-refractivity contribution < 1.29 is 39.5 Å². The molecule has 0 aliphatic heterocycles. The van der Waals surface area contributed by atoms with E-state index in [0.717, 1.165) is 36.4 Å². The van der Waals surface area contributed by atoms with Crippen molar-refractivity contribution >= 4 is 65.0 Å². The van der Waals surface area contributed by atoms with Crippen molar-refractivity contribution in [2.24, 2.45) is 0 Å². The minimum Gasteiger partial charge on any atom is -0.243 e. The van der Waals surface area contributed by atoms with Gasteiger partial charge in [-0.2, -0.15) is 39.5 Å². The molecule has 0 fully saturated rings. The maximum absolute atomic E-state index is 14.0. The zero-order valence-corrected chi connectivity index (χ0v) is 17.2. The molecule has 0 radical (unpaired) electrons. The molecule has 0 N–H and O–H groups in total. The summed E-state index contributed by atoms with van der Waals surface area (Å²) in [5, 5.41) is -1.77. The van der Waals surface area contributed by atoms with E-state index >= 15 is 0 Å². The number of rotatable bonds is 0. The average molecular weight is 507 g/mol. The van der Waals surface area contributed by atoms with Crippen molar-refractivity contribution in [3.63, 3.8) is 0 Å². The fourth-order valence-corrected chi connectivity index (χ4v) is 5.38. The molecule has 0 aliphatic rings. The summed E-state index contributed by atoms with van der Waals surface area (Å²) >= 11 is 0. The van der Waals surface area contributed by atoms with E-state index in [1.165, 1.54) is 0 Å². The van der Waals surface area contributed by atoms with Gasteiger partial charge < -0.3 is 0 Å². The van der Waals surface area contributed by atoms with E-state index in [2.05, 4.69) is 15.0 Å². The Kier molecular flexibility index (Phi) is 3.59. The van der Waals surface area contributed by atoms with Gasteiger partial charge in [-0.1, -0.05) is 0 Å². The van der Waals surface area contributed by atoms with Gasteiger partial charge in [-0.15, -0.1) is 0 Å². The van der Waals surface area contributed by atoms with Crippen molar-refractivity contribution in [2.45, 2.75) is 18.5 Å². The number of alkyl halides is 9. The minimum absolute atomic E-state index is 0.0134. The zero-order chi connectivity index (χ0) is 25.5. The molecule has 0 unspecified atom stereocenters. The Balaban J connectivity index is 1.91. The third-order valence-corrected chi connectivity index (χ3v) is 6.57. The Labute approximate surface area is 192 Å². The molecule has 12 heteroatoms. The smallest absolute Gasteiger partial charge is 0.243 e. The third kappa shape index (κ3) is 2.48. The maximum atomic E-state index is 14.0. The summed E-state index contributed by atoms with van der Waals surface area (Å²) in [6.45, 7) is 0. The lowest BCUT2D eigenvalue weighted by atomic mass is 9.85. The van der Waals surface area contributed by atoms with Crippen molar-refractivity contribution in [1.82, 2.24) is 15.0 Å². The second-order valence-electron chi connectivity index (χ2n) is 8.52. The summed E-state index contributed by atoms with van der Waals surface area (Å²) in [6, 6.07) is 5.99. The van der Waals surface area contributed by atoms with Gasteiger partial charge in [-0.25, -0.2) is 15.0 Å². The summed E-state index contributed by atoms with van der Waals surface area (Å²) in [6.07, 6.45) is -14.8. The Morgan fingerprint density at radius 1 is 0.361 bits per heavy atom. The second-order valence-corrected chi connectivity index (χ2v) is 8.52. The molecule has 4 aromatic carbocycles. The fraction of sp³-hybridized carbons (Fsp3) is 0.125. The van der Waals surface area contributed by atoms with E-state index in [9.17, 15) is 39.5 Å². The standard InChI is InChI=1S/C24H6F9N3/c25-22(26,27)19-7-1-4-10-16-13(7)17-11(35-19)5-2-9-15(17)18-12(36-21(9)24(31,32)33)6-3-8(14(16)18)20(34-10)23(28,29)30/h1-6H. The van der Waals surface area contributed by atoms with Crippen LogP contribution < -0.4 is 0 Å². The quantitative estimate of drug-likeness (QED) is 0.118. The van der Waals surface area contributed by atoms with Crippen LogP contribution in [0.1, 0.15) is 17.1 Å². The summed E-state index contributed by atoms with van der Waals surface area (Å²) in [5.41, 5.74) is -4.59. The Morgan fingerprint density at radius 2 is 0.611 bits per heavy atom. The van der Waals surface area contributed by atoms with Crippen molar-refractivity contribution in [3.05, 3.63) is 53.5 Å². The van der Waals surface area contributed by atoms with Crippen LogP contribution in [0.3, 0.4) is 0 Å². The molecule has 3 heterocycles. The van der Waals surface area contributed by atoms with Gasteiger partial charge in [0.25, 0.3) is 0 Å². The molecule has 0 amide bonds. The topological polar surface area (TPSA) is 38.7 Å². The first-order valence-corrected chi connectivity index (χ1v) is 10.3. The average Bonchev–Trinajstić information content (AvgIpc) is 2.79. The van der Waals surface area contributed by atoms with Gasteiger partial charge in [-0.05, 0) is 36.4 Å². The Bertz CT molecular complexity index is 1740. The van der Waals surface area contributed by atoms with Crippen LogP contribution in [-0.2, 0) is 18.5 Å². The molecule has 0 bridgehead atoms. The van der Waals surface area contributed by atoms with Gasteiger partial charge in [0.15, 0.2) is 17.1 Å². The van der Waals surface area contributed by atoms with Crippen LogP contribution in [0, 0.1) is 0 Å². The summed E-state index contributed by atoms with van der Waals surface area (Å²) in [5.74, 6) is 0. The van der Waals surface area contributed by atoms with Gasteiger partial charge >= 0.3 is 18.5 Å². The normalized spacial score (nSPS) is 14.2. The van der Waals surface area contributed by atoms with Gasteiger partial charge in [0.05, 0.1) is 16.6 Å². The molecule has 0 atom stereocenters. The number of aromatic nitrogens is 3. The van der Waals surface area contributed by atoms with Crippen LogP contribution in [0.25, 0.3) is 65.0 Å². The zero-order valence-electron chi connectivity index (χ0n) is 17.2. The lowest BCUT2D eigenvalue weighted by Gasteiger charge is -2.23. The second kappa shape index (κ2) is 6.05. The van der Waals surface area contributed by atoms with E-state index in [0.29, 0.717) is 0 Å². The molecule has 0 saturated heterocycles. The highest BCUT2D eigenvalue weighted by Crippen LogP contribution is 2.52. The molecule has 7 rings (SSSR count). The first kappa shape index (κ1) is 21.3. The first-order chi connectivity index (χ1) is 16.8. The molecule has 180 valence electrons. The first-order valence-electron chi connectivity index (χ1n) is 10.3. The van der Waals surface area contributed by atoms with E-state index in [1.54, 1.807) is 0 Å². The predicted molar refractivity (Wildman–Crippen MR) is 113 cm³/mol. The molecule has 0 spiro atoms. The number of nitrogens with zero attached hydrogens (tertiary/aromatic N) is 3. The molecule has 0 aliphatic carbocycles. The summed E-state index contributed by atoms with van der Waals surface area (Å²) in [4.78, 5) is 11.2. The van der Waals surface area contributed by atoms with Crippen molar-refractivity contribution in [2.75, 3.05) is 0 Å². The van der Waals surface area contributed by atoms with Gasteiger partial charge in [0.2, 0.25) is 0 Å². The molecule has 3 aromatic heterocycles. The Morgan fingerprint density at radius 3 is 0.833 bits per heavy atom. The largest absolute Gasteiger partial charge is 0.433 e. The van der Waals surface area contributed by atoms with Crippen LogP contribution in [-0.4, -0.2) is 15.0 Å². The van der Waals surface area contributed by atoms with E-state index in [-0.39, 0.29) is 48.9 Å².